The predicted octanol–water partition coefficient (Wildman–Crippen LogP) is 5.02. The number of rotatable bonds is 6. The van der Waals surface area contributed by atoms with Crippen molar-refractivity contribution in [2.24, 2.45) is 0 Å². The zero-order valence-corrected chi connectivity index (χ0v) is 17.1. The summed E-state index contributed by atoms with van der Waals surface area (Å²) in [6.45, 7) is 1.81. The van der Waals surface area contributed by atoms with Crippen LogP contribution in [-0.2, 0) is 0 Å². The molecule has 8 heteroatoms. The first-order valence-corrected chi connectivity index (χ1v) is 9.58. The third kappa shape index (κ3) is 5.18. The van der Waals surface area contributed by atoms with E-state index in [2.05, 4.69) is 20.6 Å². The molecule has 0 saturated heterocycles. The molecule has 0 saturated carbocycles. The van der Waals surface area contributed by atoms with Crippen LogP contribution in [-0.4, -0.2) is 27.7 Å². The van der Waals surface area contributed by atoms with E-state index >= 15 is 0 Å². The first-order valence-electron chi connectivity index (χ1n) is 9.58. The lowest BCUT2D eigenvalue weighted by molar-refractivity contribution is 0.262. The van der Waals surface area contributed by atoms with Gasteiger partial charge >= 0.3 is 6.03 Å². The highest BCUT2D eigenvalue weighted by Gasteiger charge is 2.07. The number of hydrogen-bond acceptors (Lipinski definition) is 5. The minimum Gasteiger partial charge on any atom is -0.497 e. The molecule has 0 bridgehead atoms. The van der Waals surface area contributed by atoms with Gasteiger partial charge in [-0.25, -0.2) is 9.78 Å². The summed E-state index contributed by atoms with van der Waals surface area (Å²) in [4.78, 5) is 21.0. The fourth-order valence-corrected chi connectivity index (χ4v) is 2.92. The number of hydrogen-bond donors (Lipinski definition) is 2. The summed E-state index contributed by atoms with van der Waals surface area (Å²) in [7, 11) is 1.58. The molecular weight excluding hydrogens is 394 g/mol. The van der Waals surface area contributed by atoms with E-state index in [0.717, 1.165) is 5.82 Å². The molecule has 2 amide bonds. The zero-order valence-electron chi connectivity index (χ0n) is 17.1. The molecule has 4 aromatic rings. The molecule has 156 valence electrons. The summed E-state index contributed by atoms with van der Waals surface area (Å²) < 4.78 is 12.9. The molecule has 0 atom stereocenters. The Morgan fingerprint density at radius 3 is 2.35 bits per heavy atom. The molecule has 31 heavy (non-hydrogen) atoms. The van der Waals surface area contributed by atoms with Crippen LogP contribution >= 0.6 is 0 Å². The molecule has 0 unspecified atom stereocenters. The summed E-state index contributed by atoms with van der Waals surface area (Å²) in [6, 6.07) is 19.4. The third-order valence-electron chi connectivity index (χ3n) is 4.33. The molecule has 0 aliphatic heterocycles. The Hall–Kier alpha value is -4.33. The van der Waals surface area contributed by atoms with Crippen molar-refractivity contribution in [1.82, 2.24) is 14.5 Å². The smallest absolute Gasteiger partial charge is 0.323 e. The minimum absolute atomic E-state index is 0.357. The van der Waals surface area contributed by atoms with E-state index in [1.165, 1.54) is 0 Å². The number of aromatic nitrogens is 3. The second kappa shape index (κ2) is 9.00. The van der Waals surface area contributed by atoms with Crippen LogP contribution in [0.5, 0.6) is 17.4 Å². The van der Waals surface area contributed by atoms with Crippen molar-refractivity contribution in [2.75, 3.05) is 17.7 Å². The molecule has 8 nitrogen and oxygen atoms in total. The summed E-state index contributed by atoms with van der Waals surface area (Å²) in [5.74, 6) is 3.02. The van der Waals surface area contributed by atoms with Gasteiger partial charge in [-0.15, -0.1) is 0 Å². The van der Waals surface area contributed by atoms with Crippen molar-refractivity contribution in [3.63, 3.8) is 0 Å². The first kappa shape index (κ1) is 20.0. The molecular formula is C23H21N5O3. The van der Waals surface area contributed by atoms with E-state index < -0.39 is 0 Å². The highest BCUT2D eigenvalue weighted by atomic mass is 16.5. The Balaban J connectivity index is 1.40. The predicted molar refractivity (Wildman–Crippen MR) is 118 cm³/mol. The maximum Gasteiger partial charge on any atom is 0.323 e. The van der Waals surface area contributed by atoms with Gasteiger partial charge in [0.25, 0.3) is 0 Å². The number of carbonyl (C=O) groups is 1. The number of amides is 2. The highest BCUT2D eigenvalue weighted by Crippen LogP contribution is 2.23. The van der Waals surface area contributed by atoms with Gasteiger partial charge in [0, 0.05) is 35.9 Å². The van der Waals surface area contributed by atoms with Gasteiger partial charge in [-0.05, 0) is 55.5 Å². The number of anilines is 2. The summed E-state index contributed by atoms with van der Waals surface area (Å²) in [5.41, 5.74) is 1.26. The molecule has 0 radical (unpaired) electrons. The van der Waals surface area contributed by atoms with Crippen LogP contribution in [0.2, 0.25) is 0 Å². The number of methoxy groups -OCH3 is 1. The van der Waals surface area contributed by atoms with Crippen molar-refractivity contribution in [1.29, 1.82) is 0 Å². The van der Waals surface area contributed by atoms with Gasteiger partial charge in [0.05, 0.1) is 7.11 Å². The third-order valence-corrected chi connectivity index (χ3v) is 4.33. The Kier molecular flexibility index (Phi) is 5.79. The van der Waals surface area contributed by atoms with Gasteiger partial charge in [0.15, 0.2) is 0 Å². The number of carbonyl (C=O) groups excluding carboxylic acids is 1. The van der Waals surface area contributed by atoms with Crippen LogP contribution in [0.1, 0.15) is 5.82 Å². The van der Waals surface area contributed by atoms with E-state index in [4.69, 9.17) is 9.47 Å². The van der Waals surface area contributed by atoms with Crippen LogP contribution in [0.4, 0.5) is 16.2 Å². The van der Waals surface area contributed by atoms with E-state index in [-0.39, 0.29) is 6.03 Å². The fraction of sp³-hybridized carbons (Fsp3) is 0.0870. The molecule has 0 aliphatic carbocycles. The maximum absolute atomic E-state index is 12.2. The summed E-state index contributed by atoms with van der Waals surface area (Å²) in [6.07, 6.45) is 3.81. The topological polar surface area (TPSA) is 90.3 Å². The molecule has 2 aromatic carbocycles. The van der Waals surface area contributed by atoms with Gasteiger partial charge in [0.2, 0.25) is 5.88 Å². The van der Waals surface area contributed by atoms with Crippen molar-refractivity contribution in [3.8, 4) is 23.2 Å². The average molecular weight is 415 g/mol. The van der Waals surface area contributed by atoms with E-state index in [9.17, 15) is 4.79 Å². The van der Waals surface area contributed by atoms with Crippen molar-refractivity contribution in [3.05, 3.63) is 84.9 Å². The number of ether oxygens (including phenoxy) is 2. The Morgan fingerprint density at radius 1 is 0.871 bits per heavy atom. The lowest BCUT2D eigenvalue weighted by Gasteiger charge is -2.10. The van der Waals surface area contributed by atoms with E-state index in [1.807, 2.05) is 42.1 Å². The first-order chi connectivity index (χ1) is 15.1. The second-order valence-corrected chi connectivity index (χ2v) is 6.64. The van der Waals surface area contributed by atoms with Crippen LogP contribution < -0.4 is 20.1 Å². The Morgan fingerprint density at radius 2 is 1.61 bits per heavy atom. The van der Waals surface area contributed by atoms with Crippen LogP contribution in [0, 0.1) is 6.92 Å². The maximum atomic E-state index is 12.2. The van der Waals surface area contributed by atoms with Crippen LogP contribution in [0.25, 0.3) is 5.82 Å². The number of aryl methyl sites for hydroxylation is 1. The Labute approximate surface area is 179 Å². The number of benzene rings is 2. The minimum atomic E-state index is -0.357. The summed E-state index contributed by atoms with van der Waals surface area (Å²) in [5, 5.41) is 5.55. The van der Waals surface area contributed by atoms with Crippen molar-refractivity contribution >= 4 is 17.4 Å². The molecule has 0 spiro atoms. The van der Waals surface area contributed by atoms with Gasteiger partial charge in [-0.3, -0.25) is 0 Å². The second-order valence-electron chi connectivity index (χ2n) is 6.64. The molecule has 2 N–H and O–H groups in total. The number of urea groups is 1. The quantitative estimate of drug-likeness (QED) is 0.461. The number of nitrogens with zero attached hydrogens (tertiary/aromatic N) is 3. The molecule has 2 aromatic heterocycles. The molecule has 4 rings (SSSR count). The lowest BCUT2D eigenvalue weighted by Crippen LogP contribution is -2.19. The normalized spacial score (nSPS) is 10.4. The largest absolute Gasteiger partial charge is 0.497 e. The molecule has 0 aliphatic rings. The SMILES string of the molecule is COc1cccc(NC(=O)Nc2ccc(Oc3cc(-n4cccc4)nc(C)n3)cc2)c1. The van der Waals surface area contributed by atoms with Crippen LogP contribution in [0.15, 0.2) is 79.1 Å². The summed E-state index contributed by atoms with van der Waals surface area (Å²) >= 11 is 0. The van der Waals surface area contributed by atoms with E-state index in [1.54, 1.807) is 55.6 Å². The van der Waals surface area contributed by atoms with Crippen molar-refractivity contribution < 1.29 is 14.3 Å². The van der Waals surface area contributed by atoms with E-state index in [0.29, 0.717) is 34.6 Å². The van der Waals surface area contributed by atoms with Gasteiger partial charge < -0.3 is 24.7 Å². The van der Waals surface area contributed by atoms with Crippen LogP contribution in [0.3, 0.4) is 0 Å². The highest BCUT2D eigenvalue weighted by molar-refractivity contribution is 5.99. The average Bonchev–Trinajstić information content (AvgIpc) is 3.30. The Bertz CT molecular complexity index is 1170. The zero-order chi connectivity index (χ0) is 21.6. The van der Waals surface area contributed by atoms with Crippen molar-refractivity contribution in [2.45, 2.75) is 6.92 Å². The fourth-order valence-electron chi connectivity index (χ4n) is 2.92. The van der Waals surface area contributed by atoms with Gasteiger partial charge in [0.1, 0.15) is 23.1 Å². The lowest BCUT2D eigenvalue weighted by atomic mass is 10.3. The van der Waals surface area contributed by atoms with Gasteiger partial charge in [-0.2, -0.15) is 4.98 Å². The standard InChI is InChI=1S/C23H21N5O3/c1-16-24-21(28-12-3-4-13-28)15-22(25-16)31-19-10-8-17(9-11-19)26-23(29)27-18-6-5-7-20(14-18)30-2/h3-15H,1-2H3,(H2,26,27,29). The van der Waals surface area contributed by atoms with Gasteiger partial charge in [-0.1, -0.05) is 6.07 Å². The monoisotopic (exact) mass is 415 g/mol. The number of nitrogens with one attached hydrogen (secondary N) is 2. The molecule has 2 heterocycles. The molecule has 0 fully saturated rings.